The number of hydrogen-bond acceptors (Lipinski definition) is 8. The lowest BCUT2D eigenvalue weighted by Crippen LogP contribution is -2.48. The lowest BCUT2D eigenvalue weighted by molar-refractivity contribution is 0.0566. The minimum Gasteiger partial charge on any atom is -0.493 e. The van der Waals surface area contributed by atoms with Gasteiger partial charge in [0.2, 0.25) is 0 Å². The van der Waals surface area contributed by atoms with Crippen LogP contribution in [0.25, 0.3) is 10.9 Å². The van der Waals surface area contributed by atoms with Crippen molar-refractivity contribution in [1.82, 2.24) is 14.0 Å². The highest BCUT2D eigenvalue weighted by molar-refractivity contribution is 7.87. The quantitative estimate of drug-likeness (QED) is 0.493. The van der Waals surface area contributed by atoms with E-state index in [9.17, 15) is 13.2 Å². The third-order valence-corrected chi connectivity index (χ3v) is 8.74. The number of nitrogens with zero attached hydrogens (tertiary/aromatic N) is 3. The Balaban J connectivity index is 1.41. The molecule has 10 nitrogen and oxygen atoms in total. The molecule has 1 unspecified atom stereocenters. The van der Waals surface area contributed by atoms with Crippen LogP contribution in [0.5, 0.6) is 11.5 Å². The molecule has 38 heavy (non-hydrogen) atoms. The van der Waals surface area contributed by atoms with Crippen LogP contribution in [-0.4, -0.2) is 69.3 Å². The third-order valence-electron chi connectivity index (χ3n) is 7.25. The average molecular weight is 549 g/mol. The van der Waals surface area contributed by atoms with E-state index in [1.807, 2.05) is 24.4 Å². The van der Waals surface area contributed by atoms with Gasteiger partial charge in [-0.05, 0) is 70.4 Å². The van der Waals surface area contributed by atoms with Crippen molar-refractivity contribution in [1.29, 1.82) is 0 Å². The molecule has 1 saturated carbocycles. The predicted octanol–water partition coefficient (Wildman–Crippen LogP) is 4.34. The number of rotatable bonds is 9. The second-order valence-electron chi connectivity index (χ2n) is 11.3. The van der Waals surface area contributed by atoms with Crippen LogP contribution in [-0.2, 0) is 14.9 Å². The SMILES string of the molecule is COc1cc2nccc(N3CCC(C(C)CN(C4CC4)S(=O)(=O)NC(=O)OC(C)(C)C)CC3)c2cc1OC. The molecule has 0 bridgehead atoms. The molecule has 1 aromatic heterocycles. The van der Waals surface area contributed by atoms with Crippen molar-refractivity contribution in [3.8, 4) is 11.5 Å². The summed E-state index contributed by atoms with van der Waals surface area (Å²) in [6, 6.07) is 5.83. The Morgan fingerprint density at radius 2 is 1.76 bits per heavy atom. The van der Waals surface area contributed by atoms with Crippen LogP contribution in [0.1, 0.15) is 53.4 Å². The zero-order valence-corrected chi connectivity index (χ0v) is 24.0. The summed E-state index contributed by atoms with van der Waals surface area (Å²) in [5.41, 5.74) is 1.17. The van der Waals surface area contributed by atoms with Gasteiger partial charge in [0.15, 0.2) is 11.5 Å². The molecule has 2 aliphatic rings. The number of hydrogen-bond donors (Lipinski definition) is 1. The summed E-state index contributed by atoms with van der Waals surface area (Å²) in [6.07, 6.45) is 4.37. The van der Waals surface area contributed by atoms with E-state index in [4.69, 9.17) is 14.2 Å². The molecule has 1 N–H and O–H groups in total. The third kappa shape index (κ3) is 6.61. The van der Waals surface area contributed by atoms with Gasteiger partial charge < -0.3 is 19.1 Å². The number of carbonyl (C=O) groups is 1. The Labute approximate surface area is 225 Å². The second-order valence-corrected chi connectivity index (χ2v) is 12.9. The normalized spacial score (nSPS) is 17.9. The Hall–Kier alpha value is -2.79. The van der Waals surface area contributed by atoms with Gasteiger partial charge in [-0.15, -0.1) is 0 Å². The number of benzene rings is 1. The van der Waals surface area contributed by atoms with Crippen molar-refractivity contribution >= 4 is 32.9 Å². The highest BCUT2D eigenvalue weighted by atomic mass is 32.2. The number of fused-ring (bicyclic) bond motifs is 1. The molecule has 1 aromatic carbocycles. The van der Waals surface area contributed by atoms with Gasteiger partial charge in [0, 0.05) is 49.0 Å². The standard InChI is InChI=1S/C27H40N4O6S/c1-18(17-31(20-7-8-20)38(33,34)29-26(32)37-27(2,3)4)19-10-13-30(14-11-19)23-9-12-28-22-16-25(36-6)24(35-5)15-21(22)23/h9,12,15-16,18-20H,7-8,10-11,13-14,17H2,1-6H3,(H,29,32). The first-order valence-corrected chi connectivity index (χ1v) is 14.6. The zero-order chi connectivity index (χ0) is 27.7. The summed E-state index contributed by atoms with van der Waals surface area (Å²) in [7, 11) is -0.746. The van der Waals surface area contributed by atoms with Gasteiger partial charge in [0.05, 0.1) is 19.7 Å². The number of aromatic nitrogens is 1. The van der Waals surface area contributed by atoms with E-state index in [1.165, 1.54) is 4.31 Å². The maximum absolute atomic E-state index is 13.1. The van der Waals surface area contributed by atoms with Gasteiger partial charge in [0.25, 0.3) is 0 Å². The predicted molar refractivity (Wildman–Crippen MR) is 147 cm³/mol. The molecule has 1 saturated heterocycles. The van der Waals surface area contributed by atoms with Gasteiger partial charge in [0.1, 0.15) is 5.60 Å². The smallest absolute Gasteiger partial charge is 0.422 e. The number of pyridine rings is 1. The van der Waals surface area contributed by atoms with Gasteiger partial charge in [-0.1, -0.05) is 6.92 Å². The molecular weight excluding hydrogens is 508 g/mol. The number of anilines is 1. The fourth-order valence-corrected chi connectivity index (χ4v) is 6.55. The van der Waals surface area contributed by atoms with E-state index >= 15 is 0 Å². The van der Waals surface area contributed by atoms with Crippen LogP contribution in [0.15, 0.2) is 24.4 Å². The van der Waals surface area contributed by atoms with Crippen molar-refractivity contribution in [3.05, 3.63) is 24.4 Å². The van der Waals surface area contributed by atoms with E-state index in [2.05, 4.69) is 21.5 Å². The molecule has 11 heteroatoms. The Morgan fingerprint density at radius 3 is 2.34 bits per heavy atom. The van der Waals surface area contributed by atoms with Crippen molar-refractivity contribution in [3.63, 3.8) is 0 Å². The molecule has 1 amide bonds. The molecule has 2 fully saturated rings. The van der Waals surface area contributed by atoms with Crippen LogP contribution in [0.3, 0.4) is 0 Å². The maximum atomic E-state index is 13.1. The minimum atomic E-state index is -3.99. The van der Waals surface area contributed by atoms with Gasteiger partial charge in [-0.2, -0.15) is 12.7 Å². The molecule has 1 atom stereocenters. The first-order valence-electron chi connectivity index (χ1n) is 13.2. The first kappa shape index (κ1) is 28.2. The molecule has 1 aliphatic heterocycles. The highest BCUT2D eigenvalue weighted by Gasteiger charge is 2.40. The summed E-state index contributed by atoms with van der Waals surface area (Å²) in [4.78, 5) is 19.1. The molecule has 1 aliphatic carbocycles. The van der Waals surface area contributed by atoms with E-state index in [-0.39, 0.29) is 12.0 Å². The number of amides is 1. The van der Waals surface area contributed by atoms with Gasteiger partial charge >= 0.3 is 16.3 Å². The summed E-state index contributed by atoms with van der Waals surface area (Å²) in [6.45, 7) is 9.31. The molecule has 2 aromatic rings. The number of nitrogens with one attached hydrogen (secondary N) is 1. The molecule has 210 valence electrons. The topological polar surface area (TPSA) is 110 Å². The number of piperidine rings is 1. The monoisotopic (exact) mass is 548 g/mol. The largest absolute Gasteiger partial charge is 0.493 e. The second kappa shape index (κ2) is 11.1. The summed E-state index contributed by atoms with van der Waals surface area (Å²) >= 11 is 0. The minimum absolute atomic E-state index is 0.0624. The molecule has 4 rings (SSSR count). The first-order chi connectivity index (χ1) is 17.9. The van der Waals surface area contributed by atoms with E-state index in [0.717, 1.165) is 55.4 Å². The summed E-state index contributed by atoms with van der Waals surface area (Å²) in [5, 5.41) is 1.01. The molecule has 0 radical (unpaired) electrons. The van der Waals surface area contributed by atoms with Gasteiger partial charge in [-0.3, -0.25) is 4.98 Å². The number of ether oxygens (including phenoxy) is 3. The van der Waals surface area contributed by atoms with Crippen molar-refractivity contribution in [2.75, 3.05) is 38.8 Å². The molecule has 2 heterocycles. The fraction of sp³-hybridized carbons (Fsp3) is 0.630. The lowest BCUT2D eigenvalue weighted by atomic mass is 9.85. The maximum Gasteiger partial charge on any atom is 0.422 e. The van der Waals surface area contributed by atoms with Crippen LogP contribution in [0, 0.1) is 11.8 Å². The van der Waals surface area contributed by atoms with E-state index in [0.29, 0.717) is 24.0 Å². The Bertz CT molecular complexity index is 1250. The average Bonchev–Trinajstić information content (AvgIpc) is 3.69. The van der Waals surface area contributed by atoms with Crippen LogP contribution >= 0.6 is 0 Å². The Morgan fingerprint density at radius 1 is 1.13 bits per heavy atom. The summed E-state index contributed by atoms with van der Waals surface area (Å²) in [5.74, 6) is 1.83. The van der Waals surface area contributed by atoms with Gasteiger partial charge in [-0.25, -0.2) is 9.52 Å². The fourth-order valence-electron chi connectivity index (χ4n) is 5.15. The van der Waals surface area contributed by atoms with Crippen molar-refractivity contribution in [2.24, 2.45) is 11.8 Å². The van der Waals surface area contributed by atoms with Crippen LogP contribution in [0.2, 0.25) is 0 Å². The summed E-state index contributed by atoms with van der Waals surface area (Å²) < 4.78 is 45.8. The lowest BCUT2D eigenvalue weighted by Gasteiger charge is -2.38. The number of carbonyl (C=O) groups excluding carboxylic acids is 1. The molecule has 0 spiro atoms. The highest BCUT2D eigenvalue weighted by Crippen LogP contribution is 2.38. The van der Waals surface area contributed by atoms with Crippen molar-refractivity contribution < 1.29 is 27.4 Å². The van der Waals surface area contributed by atoms with Crippen LogP contribution < -0.4 is 19.1 Å². The van der Waals surface area contributed by atoms with Crippen molar-refractivity contribution in [2.45, 2.75) is 65.0 Å². The number of methoxy groups -OCH3 is 2. The van der Waals surface area contributed by atoms with Crippen LogP contribution in [0.4, 0.5) is 10.5 Å². The van der Waals surface area contributed by atoms with E-state index in [1.54, 1.807) is 35.0 Å². The van der Waals surface area contributed by atoms with E-state index < -0.39 is 21.9 Å². The zero-order valence-electron chi connectivity index (χ0n) is 23.2. The Kier molecular flexibility index (Phi) is 8.27. The molecular formula is C27H40N4O6S.